The van der Waals surface area contributed by atoms with Gasteiger partial charge in [-0.1, -0.05) is 0 Å². The zero-order valence-corrected chi connectivity index (χ0v) is 16.2. The van der Waals surface area contributed by atoms with Gasteiger partial charge in [-0.3, -0.25) is 0 Å². The number of fused-ring (bicyclic) bond motifs is 3. The maximum atomic E-state index is 4.87. The van der Waals surface area contributed by atoms with E-state index in [-0.39, 0.29) is 0 Å². The summed E-state index contributed by atoms with van der Waals surface area (Å²) in [6.45, 7) is 9.33. The molecule has 0 bridgehead atoms. The van der Waals surface area contributed by atoms with Crippen molar-refractivity contribution >= 4 is 28.2 Å². The molecule has 0 spiro atoms. The Kier molecular flexibility index (Phi) is 3.94. The molecule has 3 aromatic heterocycles. The number of hydrogen-bond acceptors (Lipinski definition) is 6. The zero-order valence-electron chi connectivity index (χ0n) is 15.4. The molecule has 26 heavy (non-hydrogen) atoms. The summed E-state index contributed by atoms with van der Waals surface area (Å²) >= 11 is 1.79. The van der Waals surface area contributed by atoms with E-state index in [4.69, 9.17) is 15.0 Å². The molecular weight excluding hydrogens is 344 g/mol. The molecule has 5 heterocycles. The second-order valence-electron chi connectivity index (χ2n) is 7.22. The molecule has 6 nitrogen and oxygen atoms in total. The van der Waals surface area contributed by atoms with Crippen LogP contribution in [0.5, 0.6) is 0 Å². The van der Waals surface area contributed by atoms with Crippen molar-refractivity contribution in [2.45, 2.75) is 39.7 Å². The first-order chi connectivity index (χ1) is 12.7. The number of piperazine rings is 1. The summed E-state index contributed by atoms with van der Waals surface area (Å²) in [7, 11) is 0. The number of thiazole rings is 1. The summed E-state index contributed by atoms with van der Waals surface area (Å²) in [5.41, 5.74) is 6.07. The molecule has 5 rings (SSSR count). The van der Waals surface area contributed by atoms with Gasteiger partial charge in [-0.15, -0.1) is 11.3 Å². The van der Waals surface area contributed by atoms with E-state index in [2.05, 4.69) is 28.6 Å². The lowest BCUT2D eigenvalue weighted by Gasteiger charge is -2.29. The molecule has 1 fully saturated rings. The highest BCUT2D eigenvalue weighted by Crippen LogP contribution is 2.41. The number of rotatable bonds is 2. The van der Waals surface area contributed by atoms with Crippen LogP contribution in [-0.4, -0.2) is 45.7 Å². The second-order valence-corrected chi connectivity index (χ2v) is 8.43. The quantitative estimate of drug-likeness (QED) is 0.754. The Morgan fingerprint density at radius 3 is 2.69 bits per heavy atom. The fourth-order valence-corrected chi connectivity index (χ4v) is 5.17. The highest BCUT2D eigenvalue weighted by atomic mass is 32.1. The molecule has 2 aliphatic heterocycles. The minimum Gasteiger partial charge on any atom is -0.352 e. The van der Waals surface area contributed by atoms with Crippen LogP contribution >= 0.6 is 11.3 Å². The standard InChI is InChI=1S/C19H24N6S/c1-12-13(2)26-19(23-12)15-14-5-3-4-8-25(14)17-16(15)21-11-22-18(17)24-9-6-20-7-10-24/h11,20H,3-10H2,1-2H3. The van der Waals surface area contributed by atoms with Crippen molar-refractivity contribution in [3.05, 3.63) is 22.6 Å². The number of hydrogen-bond donors (Lipinski definition) is 1. The van der Waals surface area contributed by atoms with Crippen molar-refractivity contribution in [3.63, 3.8) is 0 Å². The van der Waals surface area contributed by atoms with Gasteiger partial charge in [0, 0.05) is 43.3 Å². The van der Waals surface area contributed by atoms with E-state index < -0.39 is 0 Å². The highest BCUT2D eigenvalue weighted by molar-refractivity contribution is 7.15. The Morgan fingerprint density at radius 1 is 1.08 bits per heavy atom. The van der Waals surface area contributed by atoms with E-state index in [0.717, 1.165) is 61.2 Å². The minimum absolute atomic E-state index is 0.997. The fourth-order valence-electron chi connectivity index (χ4n) is 4.19. The number of nitrogens with zero attached hydrogens (tertiary/aromatic N) is 5. The topological polar surface area (TPSA) is 58.9 Å². The SMILES string of the molecule is Cc1nc(-c2c3n(c4c(N5CCNCC5)ncnc24)CCCC3)sc1C. The van der Waals surface area contributed by atoms with E-state index in [1.54, 1.807) is 17.7 Å². The van der Waals surface area contributed by atoms with Gasteiger partial charge in [0.1, 0.15) is 22.4 Å². The van der Waals surface area contributed by atoms with Crippen LogP contribution in [0.3, 0.4) is 0 Å². The van der Waals surface area contributed by atoms with Gasteiger partial charge in [0.15, 0.2) is 5.82 Å². The first kappa shape index (κ1) is 16.2. The number of anilines is 1. The van der Waals surface area contributed by atoms with E-state index in [9.17, 15) is 0 Å². The monoisotopic (exact) mass is 368 g/mol. The van der Waals surface area contributed by atoms with Crippen LogP contribution < -0.4 is 10.2 Å². The van der Waals surface area contributed by atoms with Crippen LogP contribution in [0, 0.1) is 13.8 Å². The lowest BCUT2D eigenvalue weighted by Crippen LogP contribution is -2.44. The number of nitrogens with one attached hydrogen (secondary N) is 1. The molecule has 0 atom stereocenters. The molecule has 136 valence electrons. The van der Waals surface area contributed by atoms with Gasteiger partial charge in [-0.05, 0) is 33.1 Å². The lowest BCUT2D eigenvalue weighted by atomic mass is 10.1. The van der Waals surface area contributed by atoms with E-state index in [1.807, 2.05) is 0 Å². The number of aromatic nitrogens is 4. The van der Waals surface area contributed by atoms with Crippen LogP contribution in [0.4, 0.5) is 5.82 Å². The molecule has 1 saturated heterocycles. The van der Waals surface area contributed by atoms with Crippen LogP contribution in [0.1, 0.15) is 29.1 Å². The van der Waals surface area contributed by atoms with Crippen molar-refractivity contribution in [2.75, 3.05) is 31.1 Å². The average molecular weight is 369 g/mol. The molecule has 0 unspecified atom stereocenters. The molecule has 0 aliphatic carbocycles. The van der Waals surface area contributed by atoms with Crippen LogP contribution in [0.25, 0.3) is 21.6 Å². The van der Waals surface area contributed by atoms with Crippen LogP contribution in [0.15, 0.2) is 6.33 Å². The molecule has 0 saturated carbocycles. The predicted octanol–water partition coefficient (Wildman–Crippen LogP) is 2.92. The first-order valence-corrected chi connectivity index (χ1v) is 10.3. The molecule has 7 heteroatoms. The third-order valence-electron chi connectivity index (χ3n) is 5.63. The average Bonchev–Trinajstić information content (AvgIpc) is 3.19. The van der Waals surface area contributed by atoms with Crippen LogP contribution in [0.2, 0.25) is 0 Å². The Bertz CT molecular complexity index is 947. The molecule has 0 aromatic carbocycles. The van der Waals surface area contributed by atoms with Crippen molar-refractivity contribution in [1.82, 2.24) is 24.8 Å². The highest BCUT2D eigenvalue weighted by Gasteiger charge is 2.28. The smallest absolute Gasteiger partial charge is 0.156 e. The molecular formula is C19H24N6S. The van der Waals surface area contributed by atoms with Crippen molar-refractivity contribution in [3.8, 4) is 10.6 Å². The number of aryl methyl sites for hydroxylation is 3. The molecule has 2 aliphatic rings. The van der Waals surface area contributed by atoms with Crippen LogP contribution in [-0.2, 0) is 13.0 Å². The molecule has 0 radical (unpaired) electrons. The Labute approximate surface area is 157 Å². The molecule has 0 amide bonds. The van der Waals surface area contributed by atoms with Crippen molar-refractivity contribution in [2.24, 2.45) is 0 Å². The summed E-state index contributed by atoms with van der Waals surface area (Å²) in [5.74, 6) is 1.09. The third kappa shape index (κ3) is 2.45. The Hall–Kier alpha value is -1.99. The summed E-state index contributed by atoms with van der Waals surface area (Å²) in [6.07, 6.45) is 5.30. The van der Waals surface area contributed by atoms with Gasteiger partial charge in [0.05, 0.1) is 11.3 Å². The summed E-state index contributed by atoms with van der Waals surface area (Å²) < 4.78 is 2.48. The van der Waals surface area contributed by atoms with Crippen molar-refractivity contribution < 1.29 is 0 Å². The normalized spacial score (nSPS) is 17.7. The second kappa shape index (κ2) is 6.32. The van der Waals surface area contributed by atoms with Crippen molar-refractivity contribution in [1.29, 1.82) is 0 Å². The van der Waals surface area contributed by atoms with Gasteiger partial charge in [0.25, 0.3) is 0 Å². The van der Waals surface area contributed by atoms with E-state index in [0.29, 0.717) is 0 Å². The summed E-state index contributed by atoms with van der Waals surface area (Å²) in [4.78, 5) is 18.0. The van der Waals surface area contributed by atoms with Gasteiger partial charge in [-0.25, -0.2) is 15.0 Å². The Morgan fingerprint density at radius 2 is 1.92 bits per heavy atom. The van der Waals surface area contributed by atoms with Gasteiger partial charge in [-0.2, -0.15) is 0 Å². The lowest BCUT2D eigenvalue weighted by molar-refractivity contribution is 0.543. The molecule has 3 aromatic rings. The minimum atomic E-state index is 0.997. The summed E-state index contributed by atoms with van der Waals surface area (Å²) in [5, 5.41) is 4.55. The van der Waals surface area contributed by atoms with E-state index >= 15 is 0 Å². The van der Waals surface area contributed by atoms with Gasteiger partial charge >= 0.3 is 0 Å². The fraction of sp³-hybridized carbons (Fsp3) is 0.526. The van der Waals surface area contributed by atoms with E-state index in [1.165, 1.54) is 34.5 Å². The van der Waals surface area contributed by atoms with Gasteiger partial charge in [0.2, 0.25) is 0 Å². The van der Waals surface area contributed by atoms with Gasteiger partial charge < -0.3 is 14.8 Å². The molecule has 1 N–H and O–H groups in total. The third-order valence-corrected chi connectivity index (χ3v) is 6.72. The first-order valence-electron chi connectivity index (χ1n) is 9.50. The summed E-state index contributed by atoms with van der Waals surface area (Å²) in [6, 6.07) is 0. The zero-order chi connectivity index (χ0) is 17.7. The predicted molar refractivity (Wildman–Crippen MR) is 106 cm³/mol. The maximum Gasteiger partial charge on any atom is 0.156 e. The largest absolute Gasteiger partial charge is 0.352 e. The maximum absolute atomic E-state index is 4.87. The Balaban J connectivity index is 1.77.